The van der Waals surface area contributed by atoms with Gasteiger partial charge in [0.2, 0.25) is 0 Å². The minimum atomic E-state index is -1.50. The first-order chi connectivity index (χ1) is 22.3. The van der Waals surface area contributed by atoms with Crippen molar-refractivity contribution in [1.29, 1.82) is 0 Å². The third kappa shape index (κ3) is 6.32. The Labute approximate surface area is 278 Å². The SMILES string of the molecule is COc1ccc(CCNCc2cc(-c3cccc(Cl)c3)c3cc(C(O)(c4ccc(Cl)cc4)c4cncn4C)ccc3n2)cc1OC. The molecule has 9 heteroatoms. The highest BCUT2D eigenvalue weighted by atomic mass is 35.5. The molecule has 234 valence electrons. The number of pyridine rings is 1. The molecule has 0 saturated carbocycles. The summed E-state index contributed by atoms with van der Waals surface area (Å²) in [6.07, 6.45) is 4.18. The lowest BCUT2D eigenvalue weighted by Crippen LogP contribution is -2.31. The van der Waals surface area contributed by atoms with Crippen LogP contribution in [0, 0.1) is 0 Å². The fraction of sp³-hybridized carbons (Fsp3) is 0.189. The van der Waals surface area contributed by atoms with Crippen LogP contribution in [0.2, 0.25) is 10.0 Å². The summed E-state index contributed by atoms with van der Waals surface area (Å²) < 4.78 is 12.6. The molecular formula is C37H34Cl2N4O3. The van der Waals surface area contributed by atoms with E-state index in [0.717, 1.165) is 46.3 Å². The van der Waals surface area contributed by atoms with Gasteiger partial charge in [0.05, 0.1) is 43.6 Å². The van der Waals surface area contributed by atoms with Crippen molar-refractivity contribution in [1.82, 2.24) is 19.9 Å². The van der Waals surface area contributed by atoms with Crippen LogP contribution in [-0.2, 0) is 25.6 Å². The minimum Gasteiger partial charge on any atom is -0.493 e. The van der Waals surface area contributed by atoms with Gasteiger partial charge in [-0.3, -0.25) is 4.98 Å². The fourth-order valence-electron chi connectivity index (χ4n) is 5.84. The van der Waals surface area contributed by atoms with Gasteiger partial charge in [0.1, 0.15) is 0 Å². The summed E-state index contributed by atoms with van der Waals surface area (Å²) >= 11 is 12.7. The molecule has 2 heterocycles. The van der Waals surface area contributed by atoms with Crippen LogP contribution >= 0.6 is 23.2 Å². The topological polar surface area (TPSA) is 81.4 Å². The highest BCUT2D eigenvalue weighted by molar-refractivity contribution is 6.31. The number of halogens is 2. The number of methoxy groups -OCH3 is 2. The molecule has 6 aromatic rings. The van der Waals surface area contributed by atoms with Crippen LogP contribution in [0.4, 0.5) is 0 Å². The van der Waals surface area contributed by atoms with Gasteiger partial charge < -0.3 is 24.5 Å². The van der Waals surface area contributed by atoms with Crippen LogP contribution in [0.25, 0.3) is 22.0 Å². The molecule has 0 radical (unpaired) electrons. The number of fused-ring (bicyclic) bond motifs is 1. The Kier molecular flexibility index (Phi) is 9.29. The molecule has 0 aliphatic rings. The standard InChI is InChI=1S/C37H34Cl2N4O3/c1-43-23-41-22-36(43)37(44,26-8-11-28(38)12-9-26)27-10-13-33-32(19-27)31(25-5-4-6-29(39)18-25)20-30(42-33)21-40-16-15-24-7-14-34(45-2)35(17-24)46-3/h4-14,17-20,22-23,40,44H,15-16,21H2,1-3H3. The van der Waals surface area contributed by atoms with Crippen molar-refractivity contribution in [3.8, 4) is 22.6 Å². The molecule has 0 amide bonds. The summed E-state index contributed by atoms with van der Waals surface area (Å²) in [5.41, 5.74) is 5.24. The zero-order chi connectivity index (χ0) is 32.3. The Morgan fingerprint density at radius 3 is 2.35 bits per heavy atom. The maximum atomic E-state index is 12.5. The maximum Gasteiger partial charge on any atom is 0.160 e. The van der Waals surface area contributed by atoms with Crippen molar-refractivity contribution in [2.24, 2.45) is 7.05 Å². The molecule has 1 atom stereocenters. The van der Waals surface area contributed by atoms with Crippen molar-refractivity contribution < 1.29 is 14.6 Å². The number of benzene rings is 4. The van der Waals surface area contributed by atoms with E-state index >= 15 is 0 Å². The Morgan fingerprint density at radius 2 is 1.63 bits per heavy atom. The number of nitrogens with zero attached hydrogens (tertiary/aromatic N) is 3. The summed E-state index contributed by atoms with van der Waals surface area (Å²) in [4.78, 5) is 9.33. The summed E-state index contributed by atoms with van der Waals surface area (Å²) in [7, 11) is 5.14. The normalized spacial score (nSPS) is 12.7. The van der Waals surface area contributed by atoms with Crippen molar-refractivity contribution in [2.45, 2.75) is 18.6 Å². The van der Waals surface area contributed by atoms with Gasteiger partial charge in [-0.1, -0.05) is 59.6 Å². The van der Waals surface area contributed by atoms with Gasteiger partial charge in [0.25, 0.3) is 0 Å². The Bertz CT molecular complexity index is 1990. The summed E-state index contributed by atoms with van der Waals surface area (Å²) in [5, 5.41) is 18.2. The number of hydrogen-bond donors (Lipinski definition) is 2. The van der Waals surface area contributed by atoms with Gasteiger partial charge in [-0.25, -0.2) is 4.98 Å². The number of rotatable bonds is 11. The van der Waals surface area contributed by atoms with E-state index in [1.54, 1.807) is 38.9 Å². The molecule has 0 aliphatic carbocycles. The minimum absolute atomic E-state index is 0.572. The second-order valence-electron chi connectivity index (χ2n) is 11.1. The number of imidazole rings is 1. The number of ether oxygens (including phenoxy) is 2. The average Bonchev–Trinajstić information content (AvgIpc) is 3.52. The molecule has 0 aliphatic heterocycles. The first-order valence-electron chi connectivity index (χ1n) is 14.9. The van der Waals surface area contributed by atoms with E-state index in [0.29, 0.717) is 44.9 Å². The smallest absolute Gasteiger partial charge is 0.160 e. The van der Waals surface area contributed by atoms with Gasteiger partial charge >= 0.3 is 0 Å². The molecule has 6 rings (SSSR count). The van der Waals surface area contributed by atoms with Crippen molar-refractivity contribution in [3.05, 3.63) is 142 Å². The van der Waals surface area contributed by atoms with Crippen molar-refractivity contribution in [3.63, 3.8) is 0 Å². The van der Waals surface area contributed by atoms with E-state index in [4.69, 9.17) is 37.7 Å². The summed E-state index contributed by atoms with van der Waals surface area (Å²) in [6.45, 7) is 1.32. The van der Waals surface area contributed by atoms with Crippen LogP contribution in [-0.4, -0.2) is 40.4 Å². The highest BCUT2D eigenvalue weighted by Gasteiger charge is 2.37. The van der Waals surface area contributed by atoms with Gasteiger partial charge in [-0.2, -0.15) is 0 Å². The molecule has 4 aromatic carbocycles. The number of aliphatic hydroxyl groups is 1. The summed E-state index contributed by atoms with van der Waals surface area (Å²) in [6, 6.07) is 29.0. The molecular weight excluding hydrogens is 619 g/mol. The monoisotopic (exact) mass is 652 g/mol. The van der Waals surface area contributed by atoms with Gasteiger partial charge in [0.15, 0.2) is 17.1 Å². The Morgan fingerprint density at radius 1 is 0.848 bits per heavy atom. The van der Waals surface area contributed by atoms with Gasteiger partial charge in [0, 0.05) is 29.0 Å². The van der Waals surface area contributed by atoms with Gasteiger partial charge in [-0.05, 0) is 95.4 Å². The largest absolute Gasteiger partial charge is 0.493 e. The molecule has 0 spiro atoms. The van der Waals surface area contributed by atoms with E-state index in [2.05, 4.69) is 16.4 Å². The molecule has 1 unspecified atom stereocenters. The predicted octanol–water partition coefficient (Wildman–Crippen LogP) is 7.58. The molecule has 7 nitrogen and oxygen atoms in total. The number of nitrogens with one attached hydrogen (secondary N) is 1. The molecule has 0 fully saturated rings. The number of hydrogen-bond acceptors (Lipinski definition) is 6. The Balaban J connectivity index is 1.37. The van der Waals surface area contributed by atoms with Crippen LogP contribution in [0.3, 0.4) is 0 Å². The first-order valence-corrected chi connectivity index (χ1v) is 15.6. The van der Waals surface area contributed by atoms with E-state index < -0.39 is 5.60 Å². The van der Waals surface area contributed by atoms with E-state index in [-0.39, 0.29) is 0 Å². The molecule has 46 heavy (non-hydrogen) atoms. The first kappa shape index (κ1) is 31.6. The third-order valence-corrected chi connectivity index (χ3v) is 8.70. The molecule has 2 aromatic heterocycles. The molecule has 0 bridgehead atoms. The lowest BCUT2D eigenvalue weighted by Gasteiger charge is -2.30. The maximum absolute atomic E-state index is 12.5. The molecule has 2 N–H and O–H groups in total. The average molecular weight is 654 g/mol. The highest BCUT2D eigenvalue weighted by Crippen LogP contribution is 2.40. The van der Waals surface area contributed by atoms with Gasteiger partial charge in [-0.15, -0.1) is 0 Å². The van der Waals surface area contributed by atoms with Crippen molar-refractivity contribution >= 4 is 34.1 Å². The number of aromatic nitrogens is 3. The molecule has 0 saturated heterocycles. The Hall–Kier alpha value is -4.40. The predicted molar refractivity (Wildman–Crippen MR) is 184 cm³/mol. The second kappa shape index (κ2) is 13.5. The second-order valence-corrected chi connectivity index (χ2v) is 12.0. The fourth-order valence-corrected chi connectivity index (χ4v) is 6.15. The lowest BCUT2D eigenvalue weighted by atomic mass is 9.82. The van der Waals surface area contributed by atoms with Crippen LogP contribution < -0.4 is 14.8 Å². The van der Waals surface area contributed by atoms with E-state index in [9.17, 15) is 5.11 Å². The number of aryl methyl sites for hydroxylation is 1. The zero-order valence-corrected chi connectivity index (χ0v) is 27.3. The van der Waals surface area contributed by atoms with Crippen LogP contribution in [0.15, 0.2) is 104 Å². The summed E-state index contributed by atoms with van der Waals surface area (Å²) in [5.74, 6) is 1.43. The van der Waals surface area contributed by atoms with Crippen molar-refractivity contribution in [2.75, 3.05) is 20.8 Å². The van der Waals surface area contributed by atoms with E-state index in [1.807, 2.05) is 84.4 Å². The quantitative estimate of drug-likeness (QED) is 0.140. The van der Waals surface area contributed by atoms with E-state index in [1.165, 1.54) is 0 Å². The van der Waals surface area contributed by atoms with Crippen LogP contribution in [0.5, 0.6) is 11.5 Å². The third-order valence-electron chi connectivity index (χ3n) is 8.21. The zero-order valence-electron chi connectivity index (χ0n) is 25.8. The lowest BCUT2D eigenvalue weighted by molar-refractivity contribution is 0.117. The van der Waals surface area contributed by atoms with Crippen LogP contribution in [0.1, 0.15) is 28.1 Å².